The largest absolute Gasteiger partial charge is 0.462 e. The van der Waals surface area contributed by atoms with Gasteiger partial charge in [0.1, 0.15) is 6.10 Å². The zero-order valence-electron chi connectivity index (χ0n) is 16.8. The molecular weight excluding hydrogens is 296 g/mol. The third kappa shape index (κ3) is 8.03. The average molecular weight is 339 g/mol. The molecule has 0 aliphatic heterocycles. The number of carbonyl (C=O) groups excluding carboxylic acids is 1. The number of rotatable bonds is 7. The average Bonchev–Trinajstić information content (AvgIpc) is 2.62. The first-order valence-electron chi connectivity index (χ1n) is 10.9. The van der Waals surface area contributed by atoms with Crippen LogP contribution in [0.25, 0.3) is 0 Å². The molecule has 2 heteroatoms. The van der Waals surface area contributed by atoms with Crippen LogP contribution in [0.5, 0.6) is 0 Å². The Kier molecular flexibility index (Phi) is 11.5. The fourth-order valence-corrected chi connectivity index (χ4v) is 4.40. The first-order chi connectivity index (χ1) is 11.7. The smallest absolute Gasteiger partial charge is 0.306 e. The van der Waals surface area contributed by atoms with Crippen molar-refractivity contribution >= 4 is 5.97 Å². The lowest BCUT2D eigenvalue weighted by Gasteiger charge is -2.32. The predicted octanol–water partition coefficient (Wildman–Crippen LogP) is 6.91. The molecule has 1 atom stereocenters. The molecule has 2 aliphatic rings. The Morgan fingerprint density at radius 3 is 2.21 bits per heavy atom. The summed E-state index contributed by atoms with van der Waals surface area (Å²) >= 11 is 0. The van der Waals surface area contributed by atoms with E-state index in [1.807, 2.05) is 13.8 Å². The van der Waals surface area contributed by atoms with Gasteiger partial charge in [-0.2, -0.15) is 0 Å². The van der Waals surface area contributed by atoms with E-state index in [-0.39, 0.29) is 12.1 Å². The van der Waals surface area contributed by atoms with Gasteiger partial charge >= 0.3 is 5.97 Å². The Labute approximate surface area is 151 Å². The normalized spacial score (nSPS) is 26.2. The second kappa shape index (κ2) is 12.8. The van der Waals surface area contributed by atoms with Crippen LogP contribution < -0.4 is 0 Å². The summed E-state index contributed by atoms with van der Waals surface area (Å²) < 4.78 is 5.76. The standard InChI is InChI=1S/C20H36O2.C2H6/c1-3-4-8-16(2)18-11-13-19(14-12-18)22-20(21)15-17-9-6-5-7-10-17;1-2/h16-19H,3-15H2,1-2H3;1-2H3. The van der Waals surface area contributed by atoms with Crippen LogP contribution >= 0.6 is 0 Å². The van der Waals surface area contributed by atoms with E-state index in [2.05, 4.69) is 13.8 Å². The summed E-state index contributed by atoms with van der Waals surface area (Å²) in [6, 6.07) is 0. The molecule has 142 valence electrons. The van der Waals surface area contributed by atoms with Crippen molar-refractivity contribution in [2.75, 3.05) is 0 Å². The minimum atomic E-state index is 0.0781. The van der Waals surface area contributed by atoms with Gasteiger partial charge < -0.3 is 4.74 Å². The van der Waals surface area contributed by atoms with E-state index in [1.54, 1.807) is 0 Å². The molecule has 0 saturated heterocycles. The van der Waals surface area contributed by atoms with Crippen molar-refractivity contribution in [2.45, 2.75) is 117 Å². The molecule has 2 saturated carbocycles. The molecule has 2 fully saturated rings. The summed E-state index contributed by atoms with van der Waals surface area (Å²) in [6.07, 6.45) is 16.0. The lowest BCUT2D eigenvalue weighted by Crippen LogP contribution is -2.28. The Bertz CT molecular complexity index is 312. The van der Waals surface area contributed by atoms with Gasteiger partial charge in [0, 0.05) is 6.42 Å². The van der Waals surface area contributed by atoms with Crippen LogP contribution in [0, 0.1) is 17.8 Å². The maximum absolute atomic E-state index is 12.1. The summed E-state index contributed by atoms with van der Waals surface area (Å²) in [5.74, 6) is 2.39. The Morgan fingerprint density at radius 1 is 1.00 bits per heavy atom. The maximum atomic E-state index is 12.1. The highest BCUT2D eigenvalue weighted by atomic mass is 16.5. The number of esters is 1. The lowest BCUT2D eigenvalue weighted by molar-refractivity contribution is -0.152. The van der Waals surface area contributed by atoms with Gasteiger partial charge in [-0.25, -0.2) is 0 Å². The molecule has 0 bridgehead atoms. The third-order valence-corrected chi connectivity index (χ3v) is 6.01. The molecule has 0 amide bonds. The zero-order valence-corrected chi connectivity index (χ0v) is 16.8. The fourth-order valence-electron chi connectivity index (χ4n) is 4.40. The topological polar surface area (TPSA) is 26.3 Å². The number of carbonyl (C=O) groups is 1. The summed E-state index contributed by atoms with van der Waals surface area (Å²) in [7, 11) is 0. The zero-order chi connectivity index (χ0) is 17.8. The maximum Gasteiger partial charge on any atom is 0.306 e. The van der Waals surface area contributed by atoms with Crippen LogP contribution in [0.1, 0.15) is 111 Å². The SMILES string of the molecule is CC.CCCCC(C)C1CCC(OC(=O)CC2CCCCC2)CC1. The highest BCUT2D eigenvalue weighted by molar-refractivity contribution is 5.69. The van der Waals surface area contributed by atoms with Crippen LogP contribution in [-0.2, 0) is 9.53 Å². The minimum absolute atomic E-state index is 0.0781. The van der Waals surface area contributed by atoms with Crippen molar-refractivity contribution in [1.29, 1.82) is 0 Å². The Morgan fingerprint density at radius 2 is 1.62 bits per heavy atom. The lowest BCUT2D eigenvalue weighted by atomic mass is 9.78. The molecule has 0 aromatic carbocycles. The first kappa shape index (κ1) is 21.5. The fraction of sp³-hybridized carbons (Fsp3) is 0.955. The van der Waals surface area contributed by atoms with E-state index in [0.717, 1.165) is 24.7 Å². The molecule has 2 rings (SSSR count). The highest BCUT2D eigenvalue weighted by Gasteiger charge is 2.27. The number of unbranched alkanes of at least 4 members (excludes halogenated alkanes) is 1. The molecule has 0 heterocycles. The summed E-state index contributed by atoms with van der Waals surface area (Å²) in [5, 5.41) is 0. The van der Waals surface area contributed by atoms with E-state index < -0.39 is 0 Å². The van der Waals surface area contributed by atoms with Crippen molar-refractivity contribution in [3.63, 3.8) is 0 Å². The number of hydrogen-bond acceptors (Lipinski definition) is 2. The van der Waals surface area contributed by atoms with Crippen molar-refractivity contribution in [3.8, 4) is 0 Å². The second-order valence-corrected chi connectivity index (χ2v) is 7.85. The Balaban J connectivity index is 0.00000139. The van der Waals surface area contributed by atoms with Crippen LogP contribution in [0.3, 0.4) is 0 Å². The van der Waals surface area contributed by atoms with Crippen molar-refractivity contribution in [2.24, 2.45) is 17.8 Å². The van der Waals surface area contributed by atoms with Crippen LogP contribution in [0.15, 0.2) is 0 Å². The van der Waals surface area contributed by atoms with E-state index in [0.29, 0.717) is 12.3 Å². The van der Waals surface area contributed by atoms with Gasteiger partial charge in [0.15, 0.2) is 0 Å². The van der Waals surface area contributed by atoms with Crippen molar-refractivity contribution < 1.29 is 9.53 Å². The summed E-state index contributed by atoms with van der Waals surface area (Å²) in [4.78, 5) is 12.1. The van der Waals surface area contributed by atoms with Crippen LogP contribution in [0.4, 0.5) is 0 Å². The molecule has 24 heavy (non-hydrogen) atoms. The van der Waals surface area contributed by atoms with Crippen molar-refractivity contribution in [3.05, 3.63) is 0 Å². The van der Waals surface area contributed by atoms with Crippen LogP contribution in [0.2, 0.25) is 0 Å². The molecule has 0 radical (unpaired) electrons. The monoisotopic (exact) mass is 338 g/mol. The molecule has 2 aliphatic carbocycles. The van der Waals surface area contributed by atoms with E-state index in [9.17, 15) is 4.79 Å². The summed E-state index contributed by atoms with van der Waals surface area (Å²) in [6.45, 7) is 8.69. The number of ether oxygens (including phenoxy) is 1. The molecule has 0 spiro atoms. The van der Waals surface area contributed by atoms with Gasteiger partial charge in [0.05, 0.1) is 0 Å². The van der Waals surface area contributed by atoms with E-state index in [4.69, 9.17) is 4.74 Å². The van der Waals surface area contributed by atoms with Gasteiger partial charge in [-0.15, -0.1) is 0 Å². The van der Waals surface area contributed by atoms with E-state index in [1.165, 1.54) is 64.2 Å². The number of hydrogen-bond donors (Lipinski definition) is 0. The minimum Gasteiger partial charge on any atom is -0.462 e. The van der Waals surface area contributed by atoms with Gasteiger partial charge in [0.2, 0.25) is 0 Å². The second-order valence-electron chi connectivity index (χ2n) is 7.85. The first-order valence-corrected chi connectivity index (χ1v) is 10.9. The van der Waals surface area contributed by atoms with Gasteiger partial charge in [0.25, 0.3) is 0 Å². The molecule has 0 aromatic rings. The predicted molar refractivity (Wildman–Crippen MR) is 103 cm³/mol. The van der Waals surface area contributed by atoms with Gasteiger partial charge in [-0.05, 0) is 56.3 Å². The van der Waals surface area contributed by atoms with Crippen molar-refractivity contribution in [1.82, 2.24) is 0 Å². The van der Waals surface area contributed by atoms with Crippen LogP contribution in [-0.4, -0.2) is 12.1 Å². The highest BCUT2D eigenvalue weighted by Crippen LogP contribution is 2.34. The molecule has 1 unspecified atom stereocenters. The summed E-state index contributed by atoms with van der Waals surface area (Å²) in [5.41, 5.74) is 0. The molecule has 0 aromatic heterocycles. The molecule has 2 nitrogen and oxygen atoms in total. The molecular formula is C22H42O2. The quantitative estimate of drug-likeness (QED) is 0.471. The third-order valence-electron chi connectivity index (χ3n) is 6.01. The van der Waals surface area contributed by atoms with Gasteiger partial charge in [-0.3, -0.25) is 4.79 Å². The van der Waals surface area contributed by atoms with E-state index >= 15 is 0 Å². The van der Waals surface area contributed by atoms with Gasteiger partial charge in [-0.1, -0.05) is 66.2 Å². The Hall–Kier alpha value is -0.530. The molecule has 0 N–H and O–H groups in total.